The lowest BCUT2D eigenvalue weighted by Crippen LogP contribution is -2.56. The van der Waals surface area contributed by atoms with Gasteiger partial charge in [0.25, 0.3) is 5.92 Å². The van der Waals surface area contributed by atoms with Crippen molar-refractivity contribution >= 4 is 16.8 Å². The third kappa shape index (κ3) is 3.24. The standard InChI is InChI=1S/C22H21F2N5O2/c1-21-8-13(19(31-2)17(27-21)9-22(21,23)24)5-15-11-26-20(29-28-15)16-6-12-3-4-25-10-14(12)7-18(16)30/h3-7,10-11,17,19,27,30H,8-9H2,1-2H3/b13-5-/t17-,19-,21-/m1/s1. The first-order chi connectivity index (χ1) is 14.8. The Morgan fingerprint density at radius 1 is 1.23 bits per heavy atom. The van der Waals surface area contributed by atoms with Gasteiger partial charge in [-0.3, -0.25) is 4.98 Å². The van der Waals surface area contributed by atoms with Gasteiger partial charge in [-0.25, -0.2) is 13.8 Å². The lowest BCUT2D eigenvalue weighted by Gasteiger charge is -2.38. The third-order valence-electron chi connectivity index (χ3n) is 6.24. The van der Waals surface area contributed by atoms with Gasteiger partial charge in [0.05, 0.1) is 23.4 Å². The van der Waals surface area contributed by atoms with Crippen LogP contribution < -0.4 is 5.32 Å². The summed E-state index contributed by atoms with van der Waals surface area (Å²) >= 11 is 0. The molecule has 7 nitrogen and oxygen atoms in total. The summed E-state index contributed by atoms with van der Waals surface area (Å²) in [6.07, 6.45) is 5.97. The fraction of sp³-hybridized carbons (Fsp3) is 0.364. The highest BCUT2D eigenvalue weighted by molar-refractivity contribution is 5.88. The largest absolute Gasteiger partial charge is 0.507 e. The van der Waals surface area contributed by atoms with Crippen LogP contribution in [0.4, 0.5) is 8.78 Å². The molecule has 0 radical (unpaired) electrons. The van der Waals surface area contributed by atoms with Crippen LogP contribution in [0.25, 0.3) is 28.2 Å². The second-order valence-corrected chi connectivity index (χ2v) is 8.34. The first-order valence-corrected chi connectivity index (χ1v) is 9.95. The number of fused-ring (bicyclic) bond motifs is 3. The number of methoxy groups -OCH3 is 1. The van der Waals surface area contributed by atoms with Crippen molar-refractivity contribution in [2.45, 2.75) is 43.4 Å². The van der Waals surface area contributed by atoms with Crippen LogP contribution in [0.2, 0.25) is 0 Å². The van der Waals surface area contributed by atoms with Crippen LogP contribution in [-0.2, 0) is 4.74 Å². The van der Waals surface area contributed by atoms with Gasteiger partial charge in [0.15, 0.2) is 5.82 Å². The van der Waals surface area contributed by atoms with E-state index in [2.05, 4.69) is 25.5 Å². The number of rotatable bonds is 3. The van der Waals surface area contributed by atoms with Crippen molar-refractivity contribution < 1.29 is 18.6 Å². The van der Waals surface area contributed by atoms with Gasteiger partial charge in [-0.2, -0.15) is 0 Å². The molecule has 160 valence electrons. The molecule has 2 N–H and O–H groups in total. The normalized spacial score (nSPS) is 28.3. The van der Waals surface area contributed by atoms with Crippen molar-refractivity contribution in [3.8, 4) is 17.1 Å². The lowest BCUT2D eigenvalue weighted by atomic mass is 9.85. The Kier molecular flexibility index (Phi) is 4.49. The minimum atomic E-state index is -2.82. The Morgan fingerprint density at radius 3 is 2.81 bits per heavy atom. The summed E-state index contributed by atoms with van der Waals surface area (Å²) < 4.78 is 34.5. The molecule has 0 amide bonds. The monoisotopic (exact) mass is 425 g/mol. The Hall–Kier alpha value is -3.04. The van der Waals surface area contributed by atoms with E-state index in [1.165, 1.54) is 20.2 Å². The van der Waals surface area contributed by atoms with E-state index in [0.29, 0.717) is 11.3 Å². The summed E-state index contributed by atoms with van der Waals surface area (Å²) in [6.45, 7) is 1.54. The number of nitrogens with zero attached hydrogens (tertiary/aromatic N) is 4. The van der Waals surface area contributed by atoms with Crippen LogP contribution in [0.1, 0.15) is 25.5 Å². The molecule has 2 aliphatic heterocycles. The number of hydrogen-bond donors (Lipinski definition) is 2. The third-order valence-corrected chi connectivity index (χ3v) is 6.24. The predicted molar refractivity (Wildman–Crippen MR) is 111 cm³/mol. The Morgan fingerprint density at radius 2 is 2.06 bits per heavy atom. The number of aromatic nitrogens is 4. The molecule has 3 aromatic rings. The molecule has 2 aromatic heterocycles. The van der Waals surface area contributed by atoms with Crippen molar-refractivity contribution in [1.82, 2.24) is 25.5 Å². The minimum Gasteiger partial charge on any atom is -0.507 e. The molecule has 0 aliphatic carbocycles. The Bertz CT molecular complexity index is 1180. The molecular weight excluding hydrogens is 404 g/mol. The molecule has 2 saturated heterocycles. The Balaban J connectivity index is 1.47. The molecule has 0 unspecified atom stereocenters. The molecule has 2 bridgehead atoms. The second kappa shape index (κ2) is 7.00. The highest BCUT2D eigenvalue weighted by atomic mass is 19.3. The van der Waals surface area contributed by atoms with Crippen LogP contribution in [0.15, 0.2) is 42.4 Å². The number of hydrogen-bond acceptors (Lipinski definition) is 7. The van der Waals surface area contributed by atoms with E-state index in [1.807, 2.05) is 6.07 Å². The molecule has 9 heteroatoms. The number of nitrogens with one attached hydrogen (secondary N) is 1. The zero-order chi connectivity index (χ0) is 21.8. The van der Waals surface area contributed by atoms with Gasteiger partial charge in [-0.05, 0) is 48.6 Å². The SMILES string of the molecule is CO[C@@H]1/C(=C\c2cnc(-c3cc4ccncc4cc3O)nn2)C[C@@]2(C)N[C@@H]1CC2(F)F. The number of phenolic OH excluding ortho intramolecular Hbond substituents is 1. The van der Waals surface area contributed by atoms with E-state index in [-0.39, 0.29) is 24.4 Å². The van der Waals surface area contributed by atoms with E-state index >= 15 is 0 Å². The van der Waals surface area contributed by atoms with Crippen molar-refractivity contribution in [3.63, 3.8) is 0 Å². The summed E-state index contributed by atoms with van der Waals surface area (Å²) in [5.74, 6) is -2.52. The van der Waals surface area contributed by atoms with Gasteiger partial charge >= 0.3 is 0 Å². The average molecular weight is 425 g/mol. The summed E-state index contributed by atoms with van der Waals surface area (Å²) in [7, 11) is 1.52. The molecule has 31 heavy (non-hydrogen) atoms. The van der Waals surface area contributed by atoms with E-state index in [1.54, 1.807) is 30.6 Å². The number of halogens is 2. The number of ether oxygens (including phenoxy) is 1. The summed E-state index contributed by atoms with van der Waals surface area (Å²) in [5, 5.41) is 23.4. The summed E-state index contributed by atoms with van der Waals surface area (Å²) in [4.78, 5) is 8.38. The fourth-order valence-electron chi connectivity index (χ4n) is 4.61. The van der Waals surface area contributed by atoms with E-state index in [0.717, 1.165) is 16.3 Å². The minimum absolute atomic E-state index is 0.0259. The quantitative estimate of drug-likeness (QED) is 0.665. The number of pyridine rings is 1. The number of benzene rings is 1. The zero-order valence-corrected chi connectivity index (χ0v) is 17.0. The van der Waals surface area contributed by atoms with Gasteiger partial charge in [0.1, 0.15) is 11.4 Å². The molecular formula is C22H21F2N5O2. The first-order valence-electron chi connectivity index (χ1n) is 9.95. The number of phenols is 1. The molecule has 0 spiro atoms. The maximum Gasteiger partial charge on any atom is 0.267 e. The van der Waals surface area contributed by atoms with E-state index in [9.17, 15) is 13.9 Å². The fourth-order valence-corrected chi connectivity index (χ4v) is 4.61. The van der Waals surface area contributed by atoms with Crippen LogP contribution in [0.3, 0.4) is 0 Å². The number of piperidine rings is 1. The molecule has 2 fully saturated rings. The highest BCUT2D eigenvalue weighted by Crippen LogP contribution is 2.49. The molecule has 4 heterocycles. The molecule has 3 atom stereocenters. The summed E-state index contributed by atoms with van der Waals surface area (Å²) in [5.41, 5.74) is 0.312. The Labute approximate surface area is 177 Å². The summed E-state index contributed by atoms with van der Waals surface area (Å²) in [6, 6.07) is 4.74. The zero-order valence-electron chi connectivity index (χ0n) is 17.0. The predicted octanol–water partition coefficient (Wildman–Crippen LogP) is 3.35. The molecule has 0 saturated carbocycles. The second-order valence-electron chi connectivity index (χ2n) is 8.34. The van der Waals surface area contributed by atoms with Crippen LogP contribution >= 0.6 is 0 Å². The van der Waals surface area contributed by atoms with Gasteiger partial charge in [0, 0.05) is 37.4 Å². The van der Waals surface area contributed by atoms with Gasteiger partial charge in [-0.15, -0.1) is 10.2 Å². The molecule has 5 rings (SSSR count). The van der Waals surface area contributed by atoms with Gasteiger partial charge in [0.2, 0.25) is 0 Å². The highest BCUT2D eigenvalue weighted by Gasteiger charge is 2.62. The first kappa shape index (κ1) is 19.9. The van der Waals surface area contributed by atoms with Crippen molar-refractivity contribution in [2.24, 2.45) is 0 Å². The van der Waals surface area contributed by atoms with E-state index < -0.39 is 23.6 Å². The number of aromatic hydroxyl groups is 1. The topological polar surface area (TPSA) is 93.1 Å². The van der Waals surface area contributed by atoms with Crippen LogP contribution in [0.5, 0.6) is 5.75 Å². The lowest BCUT2D eigenvalue weighted by molar-refractivity contribution is -0.0523. The number of alkyl halides is 2. The maximum atomic E-state index is 14.5. The maximum absolute atomic E-state index is 14.5. The van der Waals surface area contributed by atoms with E-state index in [4.69, 9.17) is 4.74 Å². The van der Waals surface area contributed by atoms with Gasteiger partial charge < -0.3 is 15.2 Å². The van der Waals surface area contributed by atoms with Gasteiger partial charge in [-0.1, -0.05) is 0 Å². The smallest absolute Gasteiger partial charge is 0.267 e. The molecule has 2 aliphatic rings. The van der Waals surface area contributed by atoms with Crippen LogP contribution in [0, 0.1) is 0 Å². The average Bonchev–Trinajstić information content (AvgIpc) is 2.92. The van der Waals surface area contributed by atoms with Crippen molar-refractivity contribution in [3.05, 3.63) is 48.1 Å². The molecule has 1 aromatic carbocycles. The van der Waals surface area contributed by atoms with Crippen molar-refractivity contribution in [2.75, 3.05) is 7.11 Å². The van der Waals surface area contributed by atoms with Crippen LogP contribution in [-0.4, -0.2) is 56.0 Å². The van der Waals surface area contributed by atoms with Crippen molar-refractivity contribution in [1.29, 1.82) is 0 Å².